The Morgan fingerprint density at radius 3 is 2.24 bits per heavy atom. The maximum absolute atomic E-state index is 11.1. The molecule has 0 N–H and O–H groups in total. The molecule has 5 nitrogen and oxygen atoms in total. The van der Waals surface area contributed by atoms with Crippen molar-refractivity contribution >= 4 is 11.8 Å². The average molecular weight is 225 g/mol. The fourth-order valence-corrected chi connectivity index (χ4v) is 1.68. The van der Waals surface area contributed by atoms with Crippen LogP contribution in [-0.4, -0.2) is 16.4 Å². The van der Waals surface area contributed by atoms with E-state index in [0.29, 0.717) is 10.7 Å². The van der Waals surface area contributed by atoms with E-state index in [0.717, 1.165) is 5.69 Å². The third kappa shape index (κ3) is 1.57. The van der Waals surface area contributed by atoms with Crippen molar-refractivity contribution in [1.29, 1.82) is 0 Å². The molecule has 3 rings (SSSR count). The van der Waals surface area contributed by atoms with Crippen LogP contribution in [0, 0.1) is 0 Å². The van der Waals surface area contributed by atoms with Crippen molar-refractivity contribution in [3.63, 3.8) is 0 Å². The maximum Gasteiger partial charge on any atom is 0.338 e. The van der Waals surface area contributed by atoms with Crippen molar-refractivity contribution in [2.24, 2.45) is 9.98 Å². The molecule has 0 spiro atoms. The van der Waals surface area contributed by atoms with Gasteiger partial charge in [0.15, 0.2) is 0 Å². The molecule has 1 aliphatic rings. The first kappa shape index (κ1) is 9.65. The number of nitrogens with zero attached hydrogens (tertiary/aromatic N) is 3. The number of amides is 2. The van der Waals surface area contributed by atoms with E-state index in [1.54, 1.807) is 12.1 Å². The molecule has 5 heteroatoms. The lowest BCUT2D eigenvalue weighted by Crippen LogP contribution is -2.34. The highest BCUT2D eigenvalue weighted by atomic mass is 16.2. The zero-order valence-electron chi connectivity index (χ0n) is 8.70. The Morgan fingerprint density at radius 2 is 1.53 bits per heavy atom. The monoisotopic (exact) mass is 225 g/mol. The topological polar surface area (TPSA) is 63.8 Å². The molecule has 1 aromatic carbocycles. The Morgan fingerprint density at radius 1 is 0.882 bits per heavy atom. The first-order chi connectivity index (χ1) is 8.24. The molecule has 0 bridgehead atoms. The van der Waals surface area contributed by atoms with E-state index in [4.69, 9.17) is 0 Å². The largest absolute Gasteiger partial charge is 0.338 e. The van der Waals surface area contributed by atoms with Crippen molar-refractivity contribution < 1.29 is 9.59 Å². The maximum atomic E-state index is 11.1. The molecule has 2 heterocycles. The summed E-state index contributed by atoms with van der Waals surface area (Å²) in [6.07, 6.45) is 3.77. The van der Waals surface area contributed by atoms with E-state index >= 15 is 0 Å². The molecule has 0 radical (unpaired) electrons. The second-order valence-electron chi connectivity index (χ2n) is 3.60. The predicted molar refractivity (Wildman–Crippen MR) is 58.1 cm³/mol. The van der Waals surface area contributed by atoms with Crippen molar-refractivity contribution in [1.82, 2.24) is 4.57 Å². The van der Waals surface area contributed by atoms with Crippen LogP contribution in [0.4, 0.5) is 0 Å². The van der Waals surface area contributed by atoms with Gasteiger partial charge in [-0.05, 0) is 30.3 Å². The van der Waals surface area contributed by atoms with Crippen LogP contribution in [0.2, 0.25) is 0 Å². The van der Waals surface area contributed by atoms with E-state index in [9.17, 15) is 9.59 Å². The number of benzene rings is 1. The average Bonchev–Trinajstić information content (AvgIpc) is 2.83. The minimum Gasteiger partial charge on any atom is -0.324 e. The van der Waals surface area contributed by atoms with Crippen molar-refractivity contribution in [3.8, 4) is 5.69 Å². The normalized spacial score (nSPS) is 13.9. The lowest BCUT2D eigenvalue weighted by Gasteiger charge is -2.03. The van der Waals surface area contributed by atoms with Gasteiger partial charge in [0, 0.05) is 18.1 Å². The van der Waals surface area contributed by atoms with Crippen LogP contribution in [0.25, 0.3) is 5.69 Å². The highest BCUT2D eigenvalue weighted by molar-refractivity contribution is 6.36. The van der Waals surface area contributed by atoms with Gasteiger partial charge in [0.25, 0.3) is 0 Å². The SMILES string of the molecule is O=C1N=c2ccc(-n3cccc3)cc2=NC1=O. The van der Waals surface area contributed by atoms with Crippen molar-refractivity contribution in [2.75, 3.05) is 0 Å². The van der Waals surface area contributed by atoms with Gasteiger partial charge in [0.2, 0.25) is 0 Å². The second-order valence-corrected chi connectivity index (χ2v) is 3.60. The van der Waals surface area contributed by atoms with E-state index < -0.39 is 11.8 Å². The minimum absolute atomic E-state index is 0.431. The van der Waals surface area contributed by atoms with Gasteiger partial charge in [0.1, 0.15) is 0 Å². The molecular weight excluding hydrogens is 218 g/mol. The molecule has 0 atom stereocenters. The van der Waals surface area contributed by atoms with Crippen molar-refractivity contribution in [2.45, 2.75) is 0 Å². The van der Waals surface area contributed by atoms with Crippen LogP contribution >= 0.6 is 0 Å². The van der Waals surface area contributed by atoms with Crippen LogP contribution in [0.5, 0.6) is 0 Å². The number of hydrogen-bond donors (Lipinski definition) is 0. The van der Waals surface area contributed by atoms with Crippen LogP contribution < -0.4 is 10.7 Å². The van der Waals surface area contributed by atoms with Gasteiger partial charge < -0.3 is 4.57 Å². The van der Waals surface area contributed by atoms with Crippen LogP contribution in [0.3, 0.4) is 0 Å². The Bertz CT molecular complexity index is 730. The molecule has 0 fully saturated rings. The lowest BCUT2D eigenvalue weighted by molar-refractivity contribution is -0.135. The molecule has 2 amide bonds. The summed E-state index contributed by atoms with van der Waals surface area (Å²) in [5, 5.41) is 0.867. The van der Waals surface area contributed by atoms with Gasteiger partial charge in [0.05, 0.1) is 10.7 Å². The standard InChI is InChI=1S/C12H7N3O2/c16-11-12(17)14-10-7-8(3-4-9(10)13-11)15-5-1-2-6-15/h1-7H. The highest BCUT2D eigenvalue weighted by Crippen LogP contribution is 2.03. The number of hydrogen-bond acceptors (Lipinski definition) is 2. The van der Waals surface area contributed by atoms with Gasteiger partial charge >= 0.3 is 11.8 Å². The quantitative estimate of drug-likeness (QED) is 0.630. The summed E-state index contributed by atoms with van der Waals surface area (Å²) in [6, 6.07) is 9.02. The molecule has 1 aromatic heterocycles. The van der Waals surface area contributed by atoms with E-state index in [-0.39, 0.29) is 0 Å². The minimum atomic E-state index is -0.817. The zero-order chi connectivity index (χ0) is 11.8. The molecule has 17 heavy (non-hydrogen) atoms. The summed E-state index contributed by atoms with van der Waals surface area (Å²) in [6.45, 7) is 0. The Labute approximate surface area is 95.7 Å². The smallest absolute Gasteiger partial charge is 0.324 e. The molecule has 0 saturated carbocycles. The molecule has 0 saturated heterocycles. The first-order valence-electron chi connectivity index (χ1n) is 5.03. The van der Waals surface area contributed by atoms with Crippen LogP contribution in [0.15, 0.2) is 52.7 Å². The summed E-state index contributed by atoms with van der Waals surface area (Å²) < 4.78 is 1.89. The first-order valence-corrected chi connectivity index (χ1v) is 5.03. The molecule has 0 unspecified atom stereocenters. The Balaban J connectivity index is 2.25. The highest BCUT2D eigenvalue weighted by Gasteiger charge is 2.15. The summed E-state index contributed by atoms with van der Waals surface area (Å²) in [5.74, 6) is -1.63. The third-order valence-corrected chi connectivity index (χ3v) is 2.49. The summed E-state index contributed by atoms with van der Waals surface area (Å²) in [7, 11) is 0. The van der Waals surface area contributed by atoms with Gasteiger partial charge in [-0.2, -0.15) is 0 Å². The number of aromatic nitrogens is 1. The molecule has 1 aliphatic heterocycles. The summed E-state index contributed by atoms with van der Waals surface area (Å²) in [5.41, 5.74) is 0.870. The lowest BCUT2D eigenvalue weighted by atomic mass is 10.2. The van der Waals surface area contributed by atoms with Crippen LogP contribution in [-0.2, 0) is 9.59 Å². The molecular formula is C12H7N3O2. The molecule has 0 aliphatic carbocycles. The third-order valence-electron chi connectivity index (χ3n) is 2.49. The van der Waals surface area contributed by atoms with Gasteiger partial charge in [-0.1, -0.05) is 0 Å². The van der Waals surface area contributed by atoms with E-state index in [1.807, 2.05) is 35.2 Å². The number of carbonyl (C=O) groups is 2. The molecule has 82 valence electrons. The number of rotatable bonds is 1. The Hall–Kier alpha value is -2.56. The number of carbonyl (C=O) groups excluding carboxylic acids is 2. The summed E-state index contributed by atoms with van der Waals surface area (Å²) >= 11 is 0. The van der Waals surface area contributed by atoms with E-state index in [1.165, 1.54) is 0 Å². The van der Waals surface area contributed by atoms with Crippen LogP contribution in [0.1, 0.15) is 0 Å². The molecule has 2 aromatic rings. The van der Waals surface area contributed by atoms with Gasteiger partial charge in [-0.3, -0.25) is 9.59 Å². The van der Waals surface area contributed by atoms with Crippen molar-refractivity contribution in [3.05, 3.63) is 53.4 Å². The van der Waals surface area contributed by atoms with E-state index in [2.05, 4.69) is 9.98 Å². The second kappa shape index (κ2) is 3.48. The fourth-order valence-electron chi connectivity index (χ4n) is 1.68. The predicted octanol–water partition coefficient (Wildman–Crippen LogP) is -0.217. The zero-order valence-corrected chi connectivity index (χ0v) is 8.70. The van der Waals surface area contributed by atoms with Gasteiger partial charge in [-0.15, -0.1) is 0 Å². The Kier molecular flexibility index (Phi) is 1.98. The number of fused-ring (bicyclic) bond motifs is 1. The van der Waals surface area contributed by atoms with Gasteiger partial charge in [-0.25, -0.2) is 9.98 Å². The summed E-state index contributed by atoms with van der Waals surface area (Å²) in [4.78, 5) is 29.6. The fraction of sp³-hybridized carbons (Fsp3) is 0.